The van der Waals surface area contributed by atoms with Crippen LogP contribution >= 0.6 is 0 Å². The normalized spacial score (nSPS) is 60.0. The van der Waals surface area contributed by atoms with Crippen molar-refractivity contribution in [1.29, 1.82) is 0 Å². The summed E-state index contributed by atoms with van der Waals surface area (Å²) < 4.78 is 11.8. The van der Waals surface area contributed by atoms with Gasteiger partial charge in [-0.15, -0.1) is 0 Å². The minimum Gasteiger partial charge on any atom is -0.451 e. The Labute approximate surface area is 212 Å². The molecule has 3 heterocycles. The molecule has 4 aliphatic carbocycles. The van der Waals surface area contributed by atoms with Crippen molar-refractivity contribution in [2.45, 2.75) is 98.6 Å². The van der Waals surface area contributed by atoms with Crippen molar-refractivity contribution in [2.24, 2.45) is 16.7 Å². The molecule has 7 rings (SSSR count). The van der Waals surface area contributed by atoms with Crippen molar-refractivity contribution >= 4 is 5.97 Å². The molecule has 12 heteroatoms. The molecule has 12 nitrogen and oxygen atoms in total. The summed E-state index contributed by atoms with van der Waals surface area (Å²) in [4.78, 5) is 15.9. The van der Waals surface area contributed by atoms with Gasteiger partial charge in [0.05, 0.1) is 11.0 Å². The Kier molecular flexibility index (Phi) is 4.44. The number of aromatic amines is 1. The fourth-order valence-corrected chi connectivity index (χ4v) is 9.55. The number of nitrogens with one attached hydrogen (secondary N) is 1. The van der Waals surface area contributed by atoms with E-state index < -0.39 is 87.3 Å². The fourth-order valence-electron chi connectivity index (χ4n) is 9.55. The monoisotopic (exact) mass is 525 g/mol. The molecule has 9 N–H and O–H groups in total. The molecule has 1 unspecified atom stereocenters. The number of carbonyl (C=O) groups excluding carboxylic acids is 1. The molecule has 0 aromatic carbocycles. The average Bonchev–Trinajstić information content (AvgIpc) is 3.46. The van der Waals surface area contributed by atoms with Crippen LogP contribution in [0.5, 0.6) is 0 Å². The summed E-state index contributed by atoms with van der Waals surface area (Å²) in [7, 11) is 0. The lowest BCUT2D eigenvalue weighted by atomic mass is 9.52. The Morgan fingerprint density at radius 2 is 1.81 bits per heavy atom. The molecule has 1 aromatic heterocycles. The highest BCUT2D eigenvalue weighted by Gasteiger charge is 3.10. The van der Waals surface area contributed by atoms with Crippen LogP contribution in [0.3, 0.4) is 0 Å². The predicted octanol–water partition coefficient (Wildman–Crippen LogP) is -2.10. The molecule has 6 bridgehead atoms. The van der Waals surface area contributed by atoms with Crippen molar-refractivity contribution in [3.63, 3.8) is 0 Å². The van der Waals surface area contributed by atoms with Crippen LogP contribution in [0.4, 0.5) is 0 Å². The third kappa shape index (κ3) is 1.94. The van der Waals surface area contributed by atoms with Crippen LogP contribution in [-0.2, 0) is 9.47 Å². The summed E-state index contributed by atoms with van der Waals surface area (Å²) in [5.74, 6) is -4.72. The molecule has 1 spiro atoms. The zero-order chi connectivity index (χ0) is 27.5. The van der Waals surface area contributed by atoms with Gasteiger partial charge in [-0.05, 0) is 38.8 Å². The van der Waals surface area contributed by atoms with Gasteiger partial charge in [0, 0.05) is 30.6 Å². The highest BCUT2D eigenvalue weighted by atomic mass is 16.7. The summed E-state index contributed by atoms with van der Waals surface area (Å²) >= 11 is 0. The van der Waals surface area contributed by atoms with Crippen LogP contribution in [0.15, 0.2) is 18.3 Å². The van der Waals surface area contributed by atoms with Gasteiger partial charge in [0.25, 0.3) is 0 Å². The Hall–Kier alpha value is -1.61. The molecule has 4 saturated carbocycles. The van der Waals surface area contributed by atoms with Crippen molar-refractivity contribution in [3.05, 3.63) is 24.0 Å². The molecule has 2 saturated heterocycles. The standard InChI is InChI=1S/C25H35NO11/c1-12(10-27)22(33)16(36-14(28)13-6-5-9-26-13)23(34)18(3)11-21(32)19(22,4)25(23,35)24(37-21)15(29)17(2,30)7-8-20(18,24)31/h5-6,9,12,15-16,26-27,29-35H,7-8,10-11H2,1-4H3/t12?,15-,16+,17-,18-,19-,20-,21-,22+,23+,24+,25+/m0/s1. The number of aliphatic hydroxyl groups is 8. The highest BCUT2D eigenvalue weighted by Crippen LogP contribution is 2.90. The lowest BCUT2D eigenvalue weighted by Gasteiger charge is -2.61. The van der Waals surface area contributed by atoms with E-state index in [0.717, 1.165) is 0 Å². The van der Waals surface area contributed by atoms with E-state index in [0.29, 0.717) is 0 Å². The van der Waals surface area contributed by atoms with E-state index in [1.165, 1.54) is 46.0 Å². The highest BCUT2D eigenvalue weighted by molar-refractivity contribution is 5.87. The first-order chi connectivity index (χ1) is 16.9. The molecule has 6 aliphatic rings. The number of carbonyl (C=O) groups is 1. The summed E-state index contributed by atoms with van der Waals surface area (Å²) in [5.41, 5.74) is -19.2. The minimum atomic E-state index is -2.88. The third-order valence-electron chi connectivity index (χ3n) is 11.5. The van der Waals surface area contributed by atoms with Gasteiger partial charge >= 0.3 is 5.97 Å². The van der Waals surface area contributed by atoms with Crippen LogP contribution in [0.1, 0.15) is 57.4 Å². The van der Waals surface area contributed by atoms with Gasteiger partial charge in [-0.1, -0.05) is 13.8 Å². The van der Waals surface area contributed by atoms with Crippen molar-refractivity contribution in [3.8, 4) is 0 Å². The number of hydrogen-bond acceptors (Lipinski definition) is 11. The third-order valence-corrected chi connectivity index (χ3v) is 11.5. The van der Waals surface area contributed by atoms with Crippen molar-refractivity contribution in [2.75, 3.05) is 6.61 Å². The van der Waals surface area contributed by atoms with E-state index in [-0.39, 0.29) is 18.5 Å². The lowest BCUT2D eigenvalue weighted by Crippen LogP contribution is -2.78. The molecule has 206 valence electrons. The first-order valence-corrected chi connectivity index (χ1v) is 12.6. The van der Waals surface area contributed by atoms with Gasteiger partial charge in [-0.25, -0.2) is 4.79 Å². The first-order valence-electron chi connectivity index (χ1n) is 12.6. The van der Waals surface area contributed by atoms with Crippen LogP contribution in [0.25, 0.3) is 0 Å². The molecular formula is C25H35NO11. The van der Waals surface area contributed by atoms with Crippen molar-refractivity contribution < 1.29 is 55.1 Å². The summed E-state index contributed by atoms with van der Waals surface area (Å²) in [6, 6.07) is 2.93. The van der Waals surface area contributed by atoms with E-state index in [4.69, 9.17) is 9.47 Å². The number of H-pyrrole nitrogens is 1. The van der Waals surface area contributed by atoms with Gasteiger partial charge in [0.15, 0.2) is 17.5 Å². The van der Waals surface area contributed by atoms with Gasteiger partial charge in [-0.2, -0.15) is 0 Å². The van der Waals surface area contributed by atoms with E-state index >= 15 is 0 Å². The minimum absolute atomic E-state index is 0.0314. The molecule has 0 amide bonds. The Bertz CT molecular complexity index is 1190. The zero-order valence-corrected chi connectivity index (χ0v) is 21.1. The topological polar surface area (TPSA) is 213 Å². The first kappa shape index (κ1) is 25.7. The molecule has 37 heavy (non-hydrogen) atoms. The second kappa shape index (κ2) is 6.40. The second-order valence-electron chi connectivity index (χ2n) is 12.6. The SMILES string of the molecule is CC(CO)[C@@]1(O)[C@@H](OC(=O)c2ccc[nH]2)[C@@]2(O)[C@@]3(C)C[C@]4(O)O[C@@]5([C@@H](O)[C@@](C)(O)CC[C@]35O)[C@@]2(O)[C@]14C. The smallest absolute Gasteiger partial charge is 0.355 e. The van der Waals surface area contributed by atoms with Gasteiger partial charge < -0.3 is 55.3 Å². The van der Waals surface area contributed by atoms with E-state index in [1.807, 2.05) is 0 Å². The van der Waals surface area contributed by atoms with Crippen LogP contribution < -0.4 is 0 Å². The molecule has 6 fully saturated rings. The fraction of sp³-hybridized carbons (Fsp3) is 0.800. The second-order valence-corrected chi connectivity index (χ2v) is 12.6. The zero-order valence-electron chi connectivity index (χ0n) is 21.1. The number of esters is 1. The Balaban J connectivity index is 1.70. The number of aliphatic hydroxyl groups excluding tert-OH is 2. The maximum absolute atomic E-state index is 13.2. The van der Waals surface area contributed by atoms with Crippen LogP contribution in [0.2, 0.25) is 0 Å². The summed E-state index contributed by atoms with van der Waals surface area (Å²) in [5, 5.41) is 95.3. The molecule has 2 aliphatic heterocycles. The van der Waals surface area contributed by atoms with Crippen LogP contribution in [-0.4, -0.2) is 110 Å². The van der Waals surface area contributed by atoms with Gasteiger partial charge in [0.1, 0.15) is 34.2 Å². The van der Waals surface area contributed by atoms with E-state index in [1.54, 1.807) is 0 Å². The van der Waals surface area contributed by atoms with E-state index in [9.17, 15) is 45.6 Å². The summed E-state index contributed by atoms with van der Waals surface area (Å²) in [6.45, 7) is 4.57. The Morgan fingerprint density at radius 3 is 2.38 bits per heavy atom. The average molecular weight is 526 g/mol. The number of ether oxygens (including phenoxy) is 2. The van der Waals surface area contributed by atoms with Gasteiger partial charge in [-0.3, -0.25) is 0 Å². The molecule has 1 aromatic rings. The van der Waals surface area contributed by atoms with E-state index in [2.05, 4.69) is 4.98 Å². The van der Waals surface area contributed by atoms with Gasteiger partial charge in [0.2, 0.25) is 0 Å². The van der Waals surface area contributed by atoms with Crippen molar-refractivity contribution in [1.82, 2.24) is 4.98 Å². The largest absolute Gasteiger partial charge is 0.451 e. The van der Waals surface area contributed by atoms with Crippen LogP contribution in [0, 0.1) is 16.7 Å². The predicted molar refractivity (Wildman–Crippen MR) is 122 cm³/mol. The number of aromatic nitrogens is 1. The lowest BCUT2D eigenvalue weighted by molar-refractivity contribution is -0.398. The quantitative estimate of drug-likeness (QED) is 0.194. The molecular weight excluding hydrogens is 490 g/mol. The molecule has 12 atom stereocenters. The Morgan fingerprint density at radius 1 is 1.16 bits per heavy atom. The molecule has 0 radical (unpaired) electrons. The number of rotatable bonds is 4. The maximum atomic E-state index is 13.2. The maximum Gasteiger partial charge on any atom is 0.355 e. The summed E-state index contributed by atoms with van der Waals surface area (Å²) in [6.07, 6.45) is -3.51. The number of hydrogen-bond donors (Lipinski definition) is 9.